The molecule has 0 fully saturated rings. The minimum Gasteiger partial charge on any atom is -0.617 e. The van der Waals surface area contributed by atoms with Gasteiger partial charge in [0.2, 0.25) is 0 Å². The maximum absolute atomic E-state index is 9.56. The lowest BCUT2D eigenvalue weighted by Crippen LogP contribution is -1.86. The zero-order chi connectivity index (χ0) is 10.5. The van der Waals surface area contributed by atoms with Gasteiger partial charge in [-0.3, -0.25) is 0 Å². The van der Waals surface area contributed by atoms with E-state index in [1.54, 1.807) is 12.5 Å². The molecule has 0 aromatic rings. The van der Waals surface area contributed by atoms with Crippen LogP contribution in [0.15, 0.2) is 0 Å². The Morgan fingerprint density at radius 1 is 0.769 bits per heavy atom. The Bertz CT molecular complexity index is 65.7. The van der Waals surface area contributed by atoms with Crippen molar-refractivity contribution < 1.29 is 4.55 Å². The van der Waals surface area contributed by atoms with E-state index in [-0.39, 0.29) is 0 Å². The van der Waals surface area contributed by atoms with E-state index < -0.39 is 11.2 Å². The molecule has 0 bridgehead atoms. The van der Waals surface area contributed by atoms with Crippen LogP contribution in [-0.2, 0) is 11.2 Å². The topological polar surface area (TPSA) is 23.1 Å². The molecule has 0 radical (unpaired) electrons. The van der Waals surface area contributed by atoms with Gasteiger partial charge >= 0.3 is 0 Å². The van der Waals surface area contributed by atoms with Gasteiger partial charge in [0.1, 0.15) is 0 Å². The third-order valence-electron chi connectivity index (χ3n) is 1.71. The van der Waals surface area contributed by atoms with Crippen molar-refractivity contribution in [2.45, 2.75) is 58.8 Å². The largest absolute Gasteiger partial charge is 0.617 e. The molecule has 13 heavy (non-hydrogen) atoms. The summed E-state index contributed by atoms with van der Waals surface area (Å²) in [6.07, 6.45) is 13.3. The summed E-state index contributed by atoms with van der Waals surface area (Å²) < 4.78 is 9.56. The fourth-order valence-electron chi connectivity index (χ4n) is 1.03. The first-order chi connectivity index (χ1) is 6.15. The van der Waals surface area contributed by atoms with E-state index in [2.05, 4.69) is 13.8 Å². The fraction of sp³-hybridized carbons (Fsp3) is 1.00. The Morgan fingerprint density at radius 2 is 1.00 bits per heavy atom. The first-order valence-electron chi connectivity index (χ1n) is 5.40. The van der Waals surface area contributed by atoms with Crippen LogP contribution < -0.4 is 0 Å². The zero-order valence-corrected chi connectivity index (χ0v) is 10.6. The Kier molecular flexibility index (Phi) is 18.0. The summed E-state index contributed by atoms with van der Waals surface area (Å²) in [4.78, 5) is 0. The van der Waals surface area contributed by atoms with Gasteiger partial charge in [-0.05, 0) is 0 Å². The molecule has 0 aliphatic carbocycles. The smallest absolute Gasteiger partial charge is 0.0946 e. The second kappa shape index (κ2) is 14.8. The molecular formula is C11H26OS. The lowest BCUT2D eigenvalue weighted by atomic mass is 10.1. The van der Waals surface area contributed by atoms with Crippen LogP contribution in [0.1, 0.15) is 58.8 Å². The Morgan fingerprint density at radius 3 is 1.23 bits per heavy atom. The molecule has 2 heteroatoms. The van der Waals surface area contributed by atoms with Crippen LogP contribution in [0.5, 0.6) is 0 Å². The Balaban J connectivity index is 0. The van der Waals surface area contributed by atoms with E-state index in [9.17, 15) is 4.55 Å². The lowest BCUT2D eigenvalue weighted by molar-refractivity contribution is 0.602. The SMILES string of the molecule is CCCCCCCCC.C[S+](C)[O-]. The highest BCUT2D eigenvalue weighted by molar-refractivity contribution is 7.89. The molecule has 0 atom stereocenters. The van der Waals surface area contributed by atoms with Crippen molar-refractivity contribution in [2.24, 2.45) is 0 Å². The van der Waals surface area contributed by atoms with E-state index in [0.29, 0.717) is 0 Å². The van der Waals surface area contributed by atoms with Crippen molar-refractivity contribution in [3.8, 4) is 0 Å². The molecule has 0 unspecified atom stereocenters. The number of hydrogen-bond acceptors (Lipinski definition) is 1. The minimum atomic E-state index is -0.611. The molecular weight excluding hydrogens is 180 g/mol. The van der Waals surface area contributed by atoms with E-state index in [0.717, 1.165) is 0 Å². The normalized spacial score (nSPS) is 9.69. The quantitative estimate of drug-likeness (QED) is 0.479. The molecule has 0 aromatic carbocycles. The summed E-state index contributed by atoms with van der Waals surface area (Å²) in [5.41, 5.74) is 0. The van der Waals surface area contributed by atoms with Crippen molar-refractivity contribution in [2.75, 3.05) is 12.5 Å². The van der Waals surface area contributed by atoms with Gasteiger partial charge < -0.3 is 4.55 Å². The minimum absolute atomic E-state index is 0.611. The number of unbranched alkanes of at least 4 members (excludes halogenated alkanes) is 6. The van der Waals surface area contributed by atoms with Crippen LogP contribution >= 0.6 is 0 Å². The molecule has 0 N–H and O–H groups in total. The molecule has 0 heterocycles. The first kappa shape index (κ1) is 15.8. The first-order valence-corrected chi connectivity index (χ1v) is 7.36. The summed E-state index contributed by atoms with van der Waals surface area (Å²) in [5, 5.41) is 0. The molecule has 0 saturated carbocycles. The highest BCUT2D eigenvalue weighted by Gasteiger charge is 1.85. The average molecular weight is 206 g/mol. The van der Waals surface area contributed by atoms with Gasteiger partial charge in [-0.25, -0.2) is 0 Å². The summed E-state index contributed by atoms with van der Waals surface area (Å²) in [5.74, 6) is 0. The van der Waals surface area contributed by atoms with Gasteiger partial charge in [-0.2, -0.15) is 0 Å². The fourth-order valence-corrected chi connectivity index (χ4v) is 1.03. The highest BCUT2D eigenvalue weighted by Crippen LogP contribution is 2.05. The predicted octanol–water partition coefficient (Wildman–Crippen LogP) is 3.75. The van der Waals surface area contributed by atoms with E-state index >= 15 is 0 Å². The van der Waals surface area contributed by atoms with E-state index in [1.807, 2.05) is 0 Å². The molecule has 0 aliphatic rings. The predicted molar refractivity (Wildman–Crippen MR) is 63.7 cm³/mol. The van der Waals surface area contributed by atoms with Crippen molar-refractivity contribution >= 4 is 11.2 Å². The molecule has 82 valence electrons. The number of hydrogen-bond donors (Lipinski definition) is 0. The van der Waals surface area contributed by atoms with Crippen LogP contribution in [0.4, 0.5) is 0 Å². The Labute approximate surface area is 87.5 Å². The molecule has 0 saturated heterocycles. The van der Waals surface area contributed by atoms with E-state index in [1.165, 1.54) is 44.9 Å². The monoisotopic (exact) mass is 206 g/mol. The van der Waals surface area contributed by atoms with Gasteiger partial charge in [0, 0.05) is 0 Å². The molecule has 0 amide bonds. The molecule has 0 aliphatic heterocycles. The lowest BCUT2D eigenvalue weighted by Gasteiger charge is -1.96. The van der Waals surface area contributed by atoms with Gasteiger partial charge in [-0.1, -0.05) is 70.0 Å². The van der Waals surface area contributed by atoms with E-state index in [4.69, 9.17) is 0 Å². The highest BCUT2D eigenvalue weighted by atomic mass is 32.2. The van der Waals surface area contributed by atoms with Crippen molar-refractivity contribution in [3.63, 3.8) is 0 Å². The van der Waals surface area contributed by atoms with Crippen molar-refractivity contribution in [1.29, 1.82) is 0 Å². The van der Waals surface area contributed by atoms with Gasteiger partial charge in [0.15, 0.2) is 0 Å². The van der Waals surface area contributed by atoms with Crippen molar-refractivity contribution in [1.82, 2.24) is 0 Å². The van der Waals surface area contributed by atoms with Crippen LogP contribution in [-0.4, -0.2) is 17.1 Å². The zero-order valence-electron chi connectivity index (χ0n) is 9.77. The summed E-state index contributed by atoms with van der Waals surface area (Å²) in [7, 11) is 0. The average Bonchev–Trinajstić information content (AvgIpc) is 2.03. The van der Waals surface area contributed by atoms with Crippen LogP contribution in [0.25, 0.3) is 0 Å². The second-order valence-electron chi connectivity index (χ2n) is 3.51. The van der Waals surface area contributed by atoms with Crippen LogP contribution in [0.2, 0.25) is 0 Å². The van der Waals surface area contributed by atoms with Gasteiger partial charge in [0.25, 0.3) is 0 Å². The summed E-state index contributed by atoms with van der Waals surface area (Å²) in [6.45, 7) is 4.53. The maximum atomic E-state index is 9.56. The van der Waals surface area contributed by atoms with Gasteiger partial charge in [-0.15, -0.1) is 0 Å². The standard InChI is InChI=1S/C9H20.C2H6OS/c1-3-5-7-9-8-6-4-2;1-4(2)3/h3-9H2,1-2H3;1-2H3. The molecule has 1 nitrogen and oxygen atoms in total. The molecule has 0 spiro atoms. The van der Waals surface area contributed by atoms with Crippen LogP contribution in [0, 0.1) is 0 Å². The maximum Gasteiger partial charge on any atom is 0.0946 e. The van der Waals surface area contributed by atoms with Gasteiger partial charge in [0.05, 0.1) is 12.5 Å². The summed E-state index contributed by atoms with van der Waals surface area (Å²) >= 11 is -0.611. The third-order valence-corrected chi connectivity index (χ3v) is 1.71. The van der Waals surface area contributed by atoms with Crippen molar-refractivity contribution in [3.05, 3.63) is 0 Å². The second-order valence-corrected chi connectivity index (χ2v) is 4.99. The van der Waals surface area contributed by atoms with Crippen LogP contribution in [0.3, 0.4) is 0 Å². The Hall–Kier alpha value is 0.310. The third kappa shape index (κ3) is 32.9. The number of rotatable bonds is 6. The summed E-state index contributed by atoms with van der Waals surface area (Å²) in [6, 6.07) is 0. The molecule has 0 aromatic heterocycles. The molecule has 0 rings (SSSR count).